The molecule has 1 aliphatic heterocycles. The summed E-state index contributed by atoms with van der Waals surface area (Å²) in [5.74, 6) is -2.85. The maximum absolute atomic E-state index is 12.4. The number of ether oxygens (including phenoxy) is 1. The zero-order valence-electron chi connectivity index (χ0n) is 16.0. The molecule has 0 unspecified atom stereocenters. The van der Waals surface area contributed by atoms with Gasteiger partial charge in [-0.05, 0) is 18.2 Å². The number of anilines is 1. The van der Waals surface area contributed by atoms with E-state index < -0.39 is 40.3 Å². The first-order valence-corrected chi connectivity index (χ1v) is 9.67. The summed E-state index contributed by atoms with van der Waals surface area (Å²) in [5, 5.41) is 2.40. The Bertz CT molecular complexity index is 987. The molecule has 0 atom stereocenters. The van der Waals surface area contributed by atoms with Crippen molar-refractivity contribution in [3.05, 3.63) is 30.9 Å². The van der Waals surface area contributed by atoms with E-state index in [1.165, 1.54) is 45.5 Å². The van der Waals surface area contributed by atoms with Gasteiger partial charge in [-0.3, -0.25) is 19.3 Å². The number of sulfonamides is 1. The molecule has 1 N–H and O–H groups in total. The van der Waals surface area contributed by atoms with Crippen molar-refractivity contribution in [3.8, 4) is 5.75 Å². The van der Waals surface area contributed by atoms with E-state index in [0.29, 0.717) is 9.80 Å². The van der Waals surface area contributed by atoms with E-state index in [1.54, 1.807) is 0 Å². The third-order valence-corrected chi connectivity index (χ3v) is 5.78. The molecule has 1 aliphatic rings. The van der Waals surface area contributed by atoms with Crippen LogP contribution in [0.1, 0.15) is 0 Å². The van der Waals surface area contributed by atoms with E-state index in [9.17, 15) is 27.6 Å². The fourth-order valence-corrected chi connectivity index (χ4v) is 3.40. The molecule has 0 bridgehead atoms. The molecule has 11 nitrogen and oxygen atoms in total. The van der Waals surface area contributed by atoms with Crippen LogP contribution in [0.2, 0.25) is 0 Å². The predicted octanol–water partition coefficient (Wildman–Crippen LogP) is -0.139. The molecule has 12 heteroatoms. The van der Waals surface area contributed by atoms with Gasteiger partial charge in [-0.25, -0.2) is 22.4 Å². The van der Waals surface area contributed by atoms with Crippen molar-refractivity contribution in [2.24, 2.45) is 0 Å². The Morgan fingerprint density at radius 1 is 1.21 bits per heavy atom. The highest BCUT2D eigenvalue weighted by Crippen LogP contribution is 2.28. The van der Waals surface area contributed by atoms with E-state index >= 15 is 0 Å². The van der Waals surface area contributed by atoms with E-state index in [-0.39, 0.29) is 22.9 Å². The van der Waals surface area contributed by atoms with E-state index in [0.717, 1.165) is 4.31 Å². The molecule has 1 heterocycles. The number of imide groups is 2. The second-order valence-corrected chi connectivity index (χ2v) is 8.23. The third-order valence-electron chi connectivity index (χ3n) is 3.97. The molecular weight excluding hydrogens is 404 g/mol. The van der Waals surface area contributed by atoms with Crippen LogP contribution in [-0.2, 0) is 24.4 Å². The smallest absolute Gasteiger partial charge is 0.335 e. The van der Waals surface area contributed by atoms with Gasteiger partial charge >= 0.3 is 17.8 Å². The van der Waals surface area contributed by atoms with Crippen LogP contribution in [0, 0.1) is 0 Å². The van der Waals surface area contributed by atoms with Gasteiger partial charge in [0, 0.05) is 20.6 Å². The Balaban J connectivity index is 2.24. The topological polar surface area (TPSA) is 133 Å². The van der Waals surface area contributed by atoms with Gasteiger partial charge in [-0.2, -0.15) is 0 Å². The average molecular weight is 424 g/mol. The highest BCUT2D eigenvalue weighted by Gasteiger charge is 2.44. The van der Waals surface area contributed by atoms with Gasteiger partial charge in [0.2, 0.25) is 15.9 Å². The van der Waals surface area contributed by atoms with Crippen LogP contribution in [-0.4, -0.2) is 80.6 Å². The Labute approximate surface area is 167 Å². The largest absolute Gasteiger partial charge is 0.495 e. The highest BCUT2D eigenvalue weighted by atomic mass is 32.2. The number of carbonyl (C=O) groups excluding carboxylic acids is 4. The molecule has 1 aromatic carbocycles. The number of carbonyl (C=O) groups is 4. The first-order valence-electron chi connectivity index (χ1n) is 8.23. The predicted molar refractivity (Wildman–Crippen MR) is 102 cm³/mol. The number of hydrogen-bond donors (Lipinski definition) is 1. The summed E-state index contributed by atoms with van der Waals surface area (Å²) in [6, 6.07) is 2.91. The lowest BCUT2D eigenvalue weighted by atomic mass is 10.3. The number of rotatable bonds is 8. The number of amides is 5. The highest BCUT2D eigenvalue weighted by molar-refractivity contribution is 7.89. The number of nitrogens with zero attached hydrogens (tertiary/aromatic N) is 3. The zero-order chi connectivity index (χ0) is 21.9. The van der Waals surface area contributed by atoms with Crippen molar-refractivity contribution in [2.75, 3.05) is 39.6 Å². The van der Waals surface area contributed by atoms with Gasteiger partial charge in [0.15, 0.2) is 0 Å². The molecular formula is C17H20N4O7S. The van der Waals surface area contributed by atoms with E-state index in [1.807, 2.05) is 0 Å². The zero-order valence-corrected chi connectivity index (χ0v) is 16.9. The molecule has 1 aromatic rings. The summed E-state index contributed by atoms with van der Waals surface area (Å²) in [6.45, 7) is 2.50. The second-order valence-electron chi connectivity index (χ2n) is 6.08. The van der Waals surface area contributed by atoms with E-state index in [4.69, 9.17) is 4.74 Å². The van der Waals surface area contributed by atoms with Crippen LogP contribution in [0.4, 0.5) is 10.5 Å². The molecule has 0 aromatic heterocycles. The lowest BCUT2D eigenvalue weighted by Crippen LogP contribution is -2.39. The van der Waals surface area contributed by atoms with Crippen LogP contribution < -0.4 is 10.1 Å². The molecule has 2 rings (SSSR count). The maximum Gasteiger partial charge on any atom is 0.335 e. The fourth-order valence-electron chi connectivity index (χ4n) is 2.47. The summed E-state index contributed by atoms with van der Waals surface area (Å²) in [5.41, 5.74) is 0.0220. The fraction of sp³-hybridized carbons (Fsp3) is 0.294. The molecule has 1 saturated heterocycles. The number of benzene rings is 1. The van der Waals surface area contributed by atoms with Crippen molar-refractivity contribution in [1.29, 1.82) is 0 Å². The Kier molecular flexibility index (Phi) is 6.39. The molecule has 0 aliphatic carbocycles. The lowest BCUT2D eigenvalue weighted by Gasteiger charge is -2.17. The van der Waals surface area contributed by atoms with Gasteiger partial charge < -0.3 is 10.1 Å². The Morgan fingerprint density at radius 2 is 1.83 bits per heavy atom. The van der Waals surface area contributed by atoms with Gasteiger partial charge in [0.25, 0.3) is 0 Å². The lowest BCUT2D eigenvalue weighted by molar-refractivity contribution is -0.143. The van der Waals surface area contributed by atoms with Crippen molar-refractivity contribution in [2.45, 2.75) is 4.90 Å². The van der Waals surface area contributed by atoms with Crippen molar-refractivity contribution in [3.63, 3.8) is 0 Å². The average Bonchev–Trinajstić information content (AvgIpc) is 2.86. The maximum atomic E-state index is 12.4. The summed E-state index contributed by atoms with van der Waals surface area (Å²) in [6.07, 6.45) is 1.27. The van der Waals surface area contributed by atoms with Crippen molar-refractivity contribution in [1.82, 2.24) is 14.1 Å². The SMILES string of the molecule is C=CCN1C(=O)C(=O)N(CC(=O)Nc2cc(S(=O)(=O)N(C)C)ccc2OC)C1=O. The standard InChI is InChI=1S/C17H20N4O7S/c1-5-8-20-15(23)16(24)21(17(20)25)10-14(22)18-12-9-11(6-7-13(12)28-4)29(26,27)19(2)3/h5-7,9H,1,8,10H2,2-4H3,(H,18,22). The Morgan fingerprint density at radius 3 is 2.38 bits per heavy atom. The number of methoxy groups -OCH3 is 1. The molecule has 1 fully saturated rings. The Hall–Kier alpha value is -3.25. The molecule has 156 valence electrons. The van der Waals surface area contributed by atoms with E-state index in [2.05, 4.69) is 11.9 Å². The second kappa shape index (κ2) is 8.41. The first-order chi connectivity index (χ1) is 13.5. The molecule has 0 spiro atoms. The molecule has 29 heavy (non-hydrogen) atoms. The number of urea groups is 1. The van der Waals surface area contributed by atoms with Crippen LogP contribution in [0.25, 0.3) is 0 Å². The summed E-state index contributed by atoms with van der Waals surface area (Å²) < 4.78 is 30.7. The van der Waals surface area contributed by atoms with Crippen LogP contribution in [0.15, 0.2) is 35.7 Å². The minimum absolute atomic E-state index is 0.0220. The van der Waals surface area contributed by atoms with Gasteiger partial charge in [-0.15, -0.1) is 6.58 Å². The third kappa shape index (κ3) is 4.27. The quantitative estimate of drug-likeness (QED) is 0.349. The molecule has 0 radical (unpaired) electrons. The number of hydrogen-bond acceptors (Lipinski definition) is 7. The van der Waals surface area contributed by atoms with Crippen molar-refractivity contribution < 1.29 is 32.3 Å². The summed E-state index contributed by atoms with van der Waals surface area (Å²) >= 11 is 0. The minimum Gasteiger partial charge on any atom is -0.495 e. The molecule has 5 amide bonds. The monoisotopic (exact) mass is 424 g/mol. The molecule has 0 saturated carbocycles. The van der Waals surface area contributed by atoms with Gasteiger partial charge in [0.05, 0.1) is 17.7 Å². The normalized spacial score (nSPS) is 14.6. The number of nitrogens with one attached hydrogen (secondary N) is 1. The van der Waals surface area contributed by atoms with Crippen LogP contribution in [0.5, 0.6) is 5.75 Å². The van der Waals surface area contributed by atoms with Crippen molar-refractivity contribution >= 4 is 39.5 Å². The van der Waals surface area contributed by atoms with Gasteiger partial charge in [-0.1, -0.05) is 6.08 Å². The summed E-state index contributed by atoms with van der Waals surface area (Å²) in [4.78, 5) is 49.4. The minimum atomic E-state index is -3.77. The van der Waals surface area contributed by atoms with Crippen LogP contribution >= 0.6 is 0 Å². The van der Waals surface area contributed by atoms with Gasteiger partial charge in [0.1, 0.15) is 12.3 Å². The van der Waals surface area contributed by atoms with Crippen LogP contribution in [0.3, 0.4) is 0 Å². The summed E-state index contributed by atoms with van der Waals surface area (Å²) in [7, 11) is 0.261. The first kappa shape index (κ1) is 22.0.